The van der Waals surface area contributed by atoms with Crippen molar-refractivity contribution in [1.29, 1.82) is 0 Å². The van der Waals surface area contributed by atoms with E-state index in [9.17, 15) is 4.79 Å². The number of hydrogen-bond acceptors (Lipinski definition) is 4. The maximum absolute atomic E-state index is 13.0. The van der Waals surface area contributed by atoms with Crippen molar-refractivity contribution in [2.24, 2.45) is 0 Å². The van der Waals surface area contributed by atoms with E-state index in [1.54, 1.807) is 7.11 Å². The summed E-state index contributed by atoms with van der Waals surface area (Å²) >= 11 is 0. The van der Waals surface area contributed by atoms with Gasteiger partial charge in [0.25, 0.3) is 0 Å². The number of para-hydroxylation sites is 3. The minimum Gasteiger partial charge on any atom is -0.495 e. The van der Waals surface area contributed by atoms with Crippen LogP contribution < -0.4 is 14.5 Å². The highest BCUT2D eigenvalue weighted by Crippen LogP contribution is 2.31. The van der Waals surface area contributed by atoms with Gasteiger partial charge < -0.3 is 19.4 Å². The second-order valence-electron chi connectivity index (χ2n) is 7.68. The summed E-state index contributed by atoms with van der Waals surface area (Å²) in [6, 6.07) is 17.0. The Balaban J connectivity index is 1.40. The number of hydrogen-bond donors (Lipinski definition) is 0. The Morgan fingerprint density at radius 2 is 1.68 bits per heavy atom. The molecule has 0 saturated carbocycles. The molecule has 1 amide bonds. The largest absolute Gasteiger partial charge is 0.495 e. The average molecular weight is 380 g/mol. The van der Waals surface area contributed by atoms with Crippen molar-refractivity contribution >= 4 is 17.3 Å². The summed E-state index contributed by atoms with van der Waals surface area (Å²) in [7, 11) is 1.70. The summed E-state index contributed by atoms with van der Waals surface area (Å²) in [5, 5.41) is 0. The third kappa shape index (κ3) is 3.66. The van der Waals surface area contributed by atoms with Gasteiger partial charge in [0, 0.05) is 37.9 Å². The lowest BCUT2D eigenvalue weighted by Gasteiger charge is -2.40. The summed E-state index contributed by atoms with van der Waals surface area (Å²) < 4.78 is 5.49. The minimum atomic E-state index is 0.225. The van der Waals surface area contributed by atoms with Gasteiger partial charge in [-0.3, -0.25) is 4.79 Å². The highest BCUT2D eigenvalue weighted by molar-refractivity contribution is 5.82. The van der Waals surface area contributed by atoms with Gasteiger partial charge in [-0.1, -0.05) is 30.3 Å². The van der Waals surface area contributed by atoms with E-state index in [4.69, 9.17) is 4.74 Å². The number of carbonyl (C=O) groups is 1. The Kier molecular flexibility index (Phi) is 5.42. The fourth-order valence-electron chi connectivity index (χ4n) is 4.33. The molecule has 4 rings (SSSR count). The first-order valence-corrected chi connectivity index (χ1v) is 10.2. The fraction of sp³-hybridized carbons (Fsp3) is 0.435. The number of nitrogens with zero attached hydrogens (tertiary/aromatic N) is 3. The molecule has 0 radical (unpaired) electrons. The molecule has 2 aromatic carbocycles. The number of rotatable bonds is 4. The standard InChI is InChI=1S/C23H29N3O2/c1-18-11-12-19-7-3-4-8-20(19)26(18)17-23(27)25-15-13-24(14-16-25)21-9-5-6-10-22(21)28-2/h3-10,18H,11-17H2,1-2H3/t18-/m0/s1. The number of piperazine rings is 1. The van der Waals surface area contributed by atoms with Crippen LogP contribution in [0.15, 0.2) is 48.5 Å². The molecule has 1 saturated heterocycles. The van der Waals surface area contributed by atoms with Crippen LogP contribution in [-0.2, 0) is 11.2 Å². The van der Waals surface area contributed by atoms with E-state index in [-0.39, 0.29) is 5.91 Å². The molecule has 148 valence electrons. The van der Waals surface area contributed by atoms with Gasteiger partial charge in [-0.05, 0) is 43.5 Å². The van der Waals surface area contributed by atoms with Gasteiger partial charge >= 0.3 is 0 Å². The van der Waals surface area contributed by atoms with E-state index in [1.807, 2.05) is 23.1 Å². The summed E-state index contributed by atoms with van der Waals surface area (Å²) in [5.74, 6) is 1.12. The normalized spacial score (nSPS) is 19.4. The molecule has 0 unspecified atom stereocenters. The van der Waals surface area contributed by atoms with Gasteiger partial charge in [-0.25, -0.2) is 0 Å². The lowest BCUT2D eigenvalue weighted by molar-refractivity contribution is -0.130. The summed E-state index contributed by atoms with van der Waals surface area (Å²) in [6.45, 7) is 5.85. The number of fused-ring (bicyclic) bond motifs is 1. The van der Waals surface area contributed by atoms with Crippen LogP contribution in [-0.4, -0.2) is 56.7 Å². The minimum absolute atomic E-state index is 0.225. The van der Waals surface area contributed by atoms with E-state index < -0.39 is 0 Å². The Bertz CT molecular complexity index is 830. The van der Waals surface area contributed by atoms with Crippen LogP contribution in [0, 0.1) is 0 Å². The van der Waals surface area contributed by atoms with Crippen LogP contribution in [0.3, 0.4) is 0 Å². The van der Waals surface area contributed by atoms with Crippen molar-refractivity contribution < 1.29 is 9.53 Å². The van der Waals surface area contributed by atoms with Crippen LogP contribution in [0.25, 0.3) is 0 Å². The van der Waals surface area contributed by atoms with Crippen molar-refractivity contribution in [3.63, 3.8) is 0 Å². The second-order valence-corrected chi connectivity index (χ2v) is 7.68. The van der Waals surface area contributed by atoms with E-state index >= 15 is 0 Å². The van der Waals surface area contributed by atoms with Crippen LogP contribution in [0.5, 0.6) is 5.75 Å². The van der Waals surface area contributed by atoms with Gasteiger partial charge in [-0.2, -0.15) is 0 Å². The number of carbonyl (C=O) groups excluding carboxylic acids is 1. The Labute approximate surface area is 167 Å². The Hall–Kier alpha value is -2.69. The zero-order valence-corrected chi connectivity index (χ0v) is 16.8. The van der Waals surface area contributed by atoms with Gasteiger partial charge in [0.1, 0.15) is 5.75 Å². The van der Waals surface area contributed by atoms with Crippen molar-refractivity contribution in [1.82, 2.24) is 4.90 Å². The molecule has 5 heteroatoms. The number of ether oxygens (including phenoxy) is 1. The molecule has 0 spiro atoms. The molecule has 0 bridgehead atoms. The first-order valence-electron chi connectivity index (χ1n) is 10.2. The fourth-order valence-corrected chi connectivity index (χ4v) is 4.33. The van der Waals surface area contributed by atoms with Gasteiger partial charge in [0.15, 0.2) is 0 Å². The molecule has 0 N–H and O–H groups in total. The van der Waals surface area contributed by atoms with Crippen LogP contribution in [0.1, 0.15) is 18.9 Å². The van der Waals surface area contributed by atoms with Crippen molar-refractivity contribution in [3.05, 3.63) is 54.1 Å². The number of aryl methyl sites for hydroxylation is 1. The molecule has 2 aliphatic heterocycles. The monoisotopic (exact) mass is 379 g/mol. The molecule has 2 aliphatic rings. The first-order chi connectivity index (χ1) is 13.7. The SMILES string of the molecule is COc1ccccc1N1CCN(C(=O)CN2c3ccccc3CC[C@@H]2C)CC1. The van der Waals surface area contributed by atoms with Gasteiger partial charge in [0.05, 0.1) is 19.3 Å². The highest BCUT2D eigenvalue weighted by atomic mass is 16.5. The van der Waals surface area contributed by atoms with Crippen LogP contribution in [0.2, 0.25) is 0 Å². The smallest absolute Gasteiger partial charge is 0.242 e. The quantitative estimate of drug-likeness (QED) is 0.817. The predicted octanol–water partition coefficient (Wildman–Crippen LogP) is 3.19. The van der Waals surface area contributed by atoms with Crippen molar-refractivity contribution in [3.8, 4) is 5.75 Å². The average Bonchev–Trinajstić information content (AvgIpc) is 2.75. The predicted molar refractivity (Wildman–Crippen MR) is 113 cm³/mol. The van der Waals surface area contributed by atoms with E-state index in [0.717, 1.165) is 50.5 Å². The zero-order chi connectivity index (χ0) is 19.5. The third-order valence-electron chi connectivity index (χ3n) is 6.03. The van der Waals surface area contributed by atoms with Crippen molar-refractivity contribution in [2.75, 3.05) is 49.6 Å². The van der Waals surface area contributed by atoms with Gasteiger partial charge in [-0.15, -0.1) is 0 Å². The molecule has 0 aliphatic carbocycles. The Morgan fingerprint density at radius 3 is 2.43 bits per heavy atom. The van der Waals surface area contributed by atoms with Crippen molar-refractivity contribution in [2.45, 2.75) is 25.8 Å². The molecule has 2 heterocycles. The molecule has 0 aromatic heterocycles. The molecular weight excluding hydrogens is 350 g/mol. The lowest BCUT2D eigenvalue weighted by Crippen LogP contribution is -2.52. The molecule has 1 fully saturated rings. The van der Waals surface area contributed by atoms with Crippen LogP contribution in [0.4, 0.5) is 11.4 Å². The van der Waals surface area contributed by atoms with E-state index in [0.29, 0.717) is 12.6 Å². The second kappa shape index (κ2) is 8.13. The molecule has 1 atom stereocenters. The molecule has 28 heavy (non-hydrogen) atoms. The van der Waals surface area contributed by atoms with Gasteiger partial charge in [0.2, 0.25) is 5.91 Å². The third-order valence-corrected chi connectivity index (χ3v) is 6.03. The topological polar surface area (TPSA) is 36.0 Å². The summed E-state index contributed by atoms with van der Waals surface area (Å²) in [5.41, 5.74) is 3.69. The van der Waals surface area contributed by atoms with E-state index in [1.165, 1.54) is 11.3 Å². The zero-order valence-electron chi connectivity index (χ0n) is 16.8. The Morgan fingerprint density at radius 1 is 1.00 bits per heavy atom. The number of amides is 1. The number of benzene rings is 2. The number of methoxy groups -OCH3 is 1. The first kappa shape index (κ1) is 18.7. The number of anilines is 2. The summed E-state index contributed by atoms with van der Waals surface area (Å²) in [4.78, 5) is 19.6. The van der Waals surface area contributed by atoms with Crippen LogP contribution >= 0.6 is 0 Å². The highest BCUT2D eigenvalue weighted by Gasteiger charge is 2.28. The maximum atomic E-state index is 13.0. The lowest BCUT2D eigenvalue weighted by atomic mass is 9.96. The maximum Gasteiger partial charge on any atom is 0.242 e. The summed E-state index contributed by atoms with van der Waals surface area (Å²) in [6.07, 6.45) is 2.20. The van der Waals surface area contributed by atoms with E-state index in [2.05, 4.69) is 47.1 Å². The molecular formula is C23H29N3O2. The molecule has 2 aromatic rings. The molecule has 5 nitrogen and oxygen atoms in total.